The Hall–Kier alpha value is -1.52. The van der Waals surface area contributed by atoms with Gasteiger partial charge in [-0.05, 0) is 47.0 Å². The Morgan fingerprint density at radius 2 is 2.22 bits per heavy atom. The number of benzene rings is 1. The summed E-state index contributed by atoms with van der Waals surface area (Å²) in [5.41, 5.74) is 9.16. The summed E-state index contributed by atoms with van der Waals surface area (Å²) in [5.74, 6) is 0.544. The number of aromatic nitrogens is 2. The van der Waals surface area contributed by atoms with Gasteiger partial charge in [0.15, 0.2) is 0 Å². The molecular weight excluding hydrogens is 266 g/mol. The number of thiophene rings is 1. The molecule has 92 valence electrons. The Kier molecular flexibility index (Phi) is 2.97. The van der Waals surface area contributed by atoms with E-state index >= 15 is 0 Å². The lowest BCUT2D eigenvalue weighted by atomic mass is 10.2. The standard InChI is InChI=1S/C13H12ClN3S/c14-10-1-2-11-12(7-10)17(13(15)16-11)5-3-9-4-6-18-8-9/h1-2,4,6-8H,3,5H2,(H2,15,16). The van der Waals surface area contributed by atoms with Gasteiger partial charge in [0.2, 0.25) is 5.95 Å². The summed E-state index contributed by atoms with van der Waals surface area (Å²) in [7, 11) is 0. The zero-order valence-electron chi connectivity index (χ0n) is 9.64. The summed E-state index contributed by atoms with van der Waals surface area (Å²) >= 11 is 7.73. The van der Waals surface area contributed by atoms with Gasteiger partial charge in [-0.15, -0.1) is 0 Å². The molecule has 0 fully saturated rings. The molecule has 5 heteroatoms. The predicted octanol–water partition coefficient (Wildman–Crippen LogP) is 3.58. The maximum Gasteiger partial charge on any atom is 0.201 e. The Balaban J connectivity index is 1.95. The van der Waals surface area contributed by atoms with Crippen LogP contribution in [0.15, 0.2) is 35.0 Å². The first-order valence-electron chi connectivity index (χ1n) is 5.66. The summed E-state index contributed by atoms with van der Waals surface area (Å²) in [4.78, 5) is 4.34. The van der Waals surface area contributed by atoms with Crippen LogP contribution in [0.5, 0.6) is 0 Å². The average Bonchev–Trinajstić information content (AvgIpc) is 2.94. The molecule has 18 heavy (non-hydrogen) atoms. The molecule has 0 saturated heterocycles. The lowest BCUT2D eigenvalue weighted by molar-refractivity contribution is 0.727. The van der Waals surface area contributed by atoms with E-state index in [0.717, 1.165) is 24.0 Å². The number of anilines is 1. The van der Waals surface area contributed by atoms with Gasteiger partial charge in [-0.3, -0.25) is 0 Å². The molecule has 1 aromatic carbocycles. The van der Waals surface area contributed by atoms with E-state index in [2.05, 4.69) is 21.8 Å². The Labute approximate surface area is 114 Å². The largest absolute Gasteiger partial charge is 0.369 e. The highest BCUT2D eigenvalue weighted by atomic mass is 35.5. The Bertz CT molecular complexity index is 673. The Morgan fingerprint density at radius 3 is 3.00 bits per heavy atom. The summed E-state index contributed by atoms with van der Waals surface area (Å²) in [6, 6.07) is 7.77. The van der Waals surface area contributed by atoms with Crippen molar-refractivity contribution in [2.24, 2.45) is 0 Å². The van der Waals surface area contributed by atoms with Crippen LogP contribution in [0.2, 0.25) is 5.02 Å². The number of rotatable bonds is 3. The van der Waals surface area contributed by atoms with E-state index in [-0.39, 0.29) is 0 Å². The van der Waals surface area contributed by atoms with Gasteiger partial charge < -0.3 is 10.3 Å². The fourth-order valence-corrected chi connectivity index (χ4v) is 2.89. The molecule has 3 aromatic rings. The lowest BCUT2D eigenvalue weighted by Gasteiger charge is -2.05. The molecule has 0 aliphatic heterocycles. The minimum Gasteiger partial charge on any atom is -0.369 e. The van der Waals surface area contributed by atoms with E-state index in [0.29, 0.717) is 11.0 Å². The topological polar surface area (TPSA) is 43.8 Å². The number of imidazole rings is 1. The van der Waals surface area contributed by atoms with Crippen LogP contribution in [0, 0.1) is 0 Å². The van der Waals surface area contributed by atoms with Crippen molar-refractivity contribution in [3.63, 3.8) is 0 Å². The van der Waals surface area contributed by atoms with Crippen LogP contribution in [-0.4, -0.2) is 9.55 Å². The molecule has 0 radical (unpaired) electrons. The molecule has 3 nitrogen and oxygen atoms in total. The van der Waals surface area contributed by atoms with E-state index in [4.69, 9.17) is 17.3 Å². The monoisotopic (exact) mass is 277 g/mol. The third-order valence-electron chi connectivity index (χ3n) is 2.94. The van der Waals surface area contributed by atoms with E-state index in [1.807, 2.05) is 22.8 Å². The molecule has 2 aromatic heterocycles. The van der Waals surface area contributed by atoms with Crippen LogP contribution in [0.1, 0.15) is 5.56 Å². The summed E-state index contributed by atoms with van der Waals surface area (Å²) in [5, 5.41) is 4.95. The maximum absolute atomic E-state index is 6.02. The highest BCUT2D eigenvalue weighted by Gasteiger charge is 2.08. The fourth-order valence-electron chi connectivity index (χ4n) is 2.03. The van der Waals surface area contributed by atoms with Gasteiger partial charge in [0.1, 0.15) is 0 Å². The van der Waals surface area contributed by atoms with Gasteiger partial charge in [-0.2, -0.15) is 11.3 Å². The molecule has 2 heterocycles. The molecular formula is C13H12ClN3S. The van der Waals surface area contributed by atoms with E-state index in [9.17, 15) is 0 Å². The summed E-state index contributed by atoms with van der Waals surface area (Å²) < 4.78 is 2.01. The Morgan fingerprint density at radius 1 is 1.33 bits per heavy atom. The maximum atomic E-state index is 6.02. The van der Waals surface area contributed by atoms with Crippen molar-refractivity contribution in [3.8, 4) is 0 Å². The number of nitrogens with two attached hydrogens (primary N) is 1. The van der Waals surface area contributed by atoms with Crippen molar-refractivity contribution in [1.82, 2.24) is 9.55 Å². The zero-order chi connectivity index (χ0) is 12.5. The molecule has 3 rings (SSSR count). The molecule has 0 aliphatic rings. The first-order valence-corrected chi connectivity index (χ1v) is 6.98. The number of hydrogen-bond acceptors (Lipinski definition) is 3. The molecule has 0 saturated carbocycles. The van der Waals surface area contributed by atoms with Gasteiger partial charge >= 0.3 is 0 Å². The highest BCUT2D eigenvalue weighted by molar-refractivity contribution is 7.07. The number of halogens is 1. The number of nitrogens with zero attached hydrogens (tertiary/aromatic N) is 2. The first kappa shape index (κ1) is 11.6. The molecule has 0 amide bonds. The second-order valence-corrected chi connectivity index (χ2v) is 5.35. The second-order valence-electron chi connectivity index (χ2n) is 4.14. The quantitative estimate of drug-likeness (QED) is 0.795. The minimum absolute atomic E-state index is 0.544. The average molecular weight is 278 g/mol. The molecule has 0 spiro atoms. The zero-order valence-corrected chi connectivity index (χ0v) is 11.2. The SMILES string of the molecule is Nc1nc2ccc(Cl)cc2n1CCc1ccsc1. The minimum atomic E-state index is 0.544. The smallest absolute Gasteiger partial charge is 0.201 e. The highest BCUT2D eigenvalue weighted by Crippen LogP contribution is 2.22. The molecule has 0 aliphatic carbocycles. The van der Waals surface area contributed by atoms with Gasteiger partial charge in [-0.25, -0.2) is 4.98 Å². The summed E-state index contributed by atoms with van der Waals surface area (Å²) in [6.45, 7) is 0.819. The van der Waals surface area contributed by atoms with E-state index in [1.54, 1.807) is 11.3 Å². The molecule has 0 bridgehead atoms. The van der Waals surface area contributed by atoms with Gasteiger partial charge in [-0.1, -0.05) is 11.6 Å². The second kappa shape index (κ2) is 4.63. The van der Waals surface area contributed by atoms with Crippen LogP contribution < -0.4 is 5.73 Å². The molecule has 2 N–H and O–H groups in total. The summed E-state index contributed by atoms with van der Waals surface area (Å²) in [6.07, 6.45) is 0.950. The van der Waals surface area contributed by atoms with Crippen LogP contribution in [0.4, 0.5) is 5.95 Å². The van der Waals surface area contributed by atoms with Crippen molar-refractivity contribution in [2.45, 2.75) is 13.0 Å². The van der Waals surface area contributed by atoms with Crippen molar-refractivity contribution >= 4 is 39.9 Å². The first-order chi connectivity index (χ1) is 8.74. The predicted molar refractivity (Wildman–Crippen MR) is 77.2 cm³/mol. The van der Waals surface area contributed by atoms with Crippen LogP contribution >= 0.6 is 22.9 Å². The third-order valence-corrected chi connectivity index (χ3v) is 3.91. The van der Waals surface area contributed by atoms with Crippen molar-refractivity contribution in [3.05, 3.63) is 45.6 Å². The van der Waals surface area contributed by atoms with E-state index < -0.39 is 0 Å². The number of nitrogen functional groups attached to an aromatic ring is 1. The van der Waals surface area contributed by atoms with Crippen LogP contribution in [0.3, 0.4) is 0 Å². The van der Waals surface area contributed by atoms with Crippen LogP contribution in [0.25, 0.3) is 11.0 Å². The van der Waals surface area contributed by atoms with Crippen LogP contribution in [-0.2, 0) is 13.0 Å². The molecule has 0 atom stereocenters. The number of fused-ring (bicyclic) bond motifs is 1. The van der Waals surface area contributed by atoms with Crippen molar-refractivity contribution in [2.75, 3.05) is 5.73 Å². The lowest BCUT2D eigenvalue weighted by Crippen LogP contribution is -2.05. The number of aryl methyl sites for hydroxylation is 2. The van der Waals surface area contributed by atoms with E-state index in [1.165, 1.54) is 5.56 Å². The van der Waals surface area contributed by atoms with Gasteiger partial charge in [0.05, 0.1) is 11.0 Å². The van der Waals surface area contributed by atoms with Crippen molar-refractivity contribution in [1.29, 1.82) is 0 Å². The van der Waals surface area contributed by atoms with Gasteiger partial charge in [0, 0.05) is 11.6 Å². The van der Waals surface area contributed by atoms with Gasteiger partial charge in [0.25, 0.3) is 0 Å². The molecule has 0 unspecified atom stereocenters. The normalized spacial score (nSPS) is 11.2. The van der Waals surface area contributed by atoms with Crippen molar-refractivity contribution < 1.29 is 0 Å². The third kappa shape index (κ3) is 2.09. The number of hydrogen-bond donors (Lipinski definition) is 1. The fraction of sp³-hybridized carbons (Fsp3) is 0.154.